The first-order valence-electron chi connectivity index (χ1n) is 6.60. The Hall–Kier alpha value is -0.730. The van der Waals surface area contributed by atoms with Crippen molar-refractivity contribution in [1.82, 2.24) is 0 Å². The van der Waals surface area contributed by atoms with Gasteiger partial charge >= 0.3 is 0 Å². The molecule has 1 fully saturated rings. The second kappa shape index (κ2) is 5.10. The minimum absolute atomic E-state index is 0.0577. The average Bonchev–Trinajstić information content (AvgIpc) is 2.78. The Morgan fingerprint density at radius 2 is 1.94 bits per heavy atom. The molecule has 0 spiro atoms. The Kier molecular flexibility index (Phi) is 3.88. The summed E-state index contributed by atoms with van der Waals surface area (Å²) in [6, 6.07) is 2.01. The highest BCUT2D eigenvalue weighted by molar-refractivity contribution is 6.31. The molecule has 100 valence electrons. The zero-order valence-electron chi connectivity index (χ0n) is 11.5. The first kappa shape index (κ1) is 13.7. The number of nitrogens with two attached hydrogens (primary N) is 1. The Balaban J connectivity index is 2.63. The van der Waals surface area contributed by atoms with Crippen molar-refractivity contribution in [1.29, 1.82) is 0 Å². The van der Waals surface area contributed by atoms with Crippen LogP contribution in [0.4, 0.5) is 0 Å². The second-order valence-electron chi connectivity index (χ2n) is 5.40. The molecule has 1 saturated carbocycles. The van der Waals surface area contributed by atoms with E-state index in [2.05, 4.69) is 6.92 Å². The summed E-state index contributed by atoms with van der Waals surface area (Å²) in [6.07, 6.45) is 4.75. The largest absolute Gasteiger partial charge is 0.496 e. The van der Waals surface area contributed by atoms with Crippen molar-refractivity contribution in [3.05, 3.63) is 27.8 Å². The van der Waals surface area contributed by atoms with Crippen LogP contribution < -0.4 is 10.5 Å². The fraction of sp³-hybridized carbons (Fsp3) is 0.600. The van der Waals surface area contributed by atoms with Crippen molar-refractivity contribution in [2.24, 2.45) is 5.73 Å². The van der Waals surface area contributed by atoms with Crippen LogP contribution in [0.15, 0.2) is 6.07 Å². The number of methoxy groups -OCH3 is 1. The third kappa shape index (κ3) is 2.02. The summed E-state index contributed by atoms with van der Waals surface area (Å²) >= 11 is 6.50. The van der Waals surface area contributed by atoms with Crippen molar-refractivity contribution in [2.45, 2.75) is 44.9 Å². The van der Waals surface area contributed by atoms with E-state index in [1.807, 2.05) is 13.0 Å². The summed E-state index contributed by atoms with van der Waals surface area (Å²) in [5.41, 5.74) is 9.59. The van der Waals surface area contributed by atoms with Crippen LogP contribution in [0.2, 0.25) is 5.02 Å². The van der Waals surface area contributed by atoms with Crippen molar-refractivity contribution < 1.29 is 4.74 Å². The number of benzene rings is 1. The van der Waals surface area contributed by atoms with E-state index < -0.39 is 0 Å². The molecule has 18 heavy (non-hydrogen) atoms. The van der Waals surface area contributed by atoms with Crippen LogP contribution in [0.3, 0.4) is 0 Å². The zero-order valence-corrected chi connectivity index (χ0v) is 12.2. The standard InChI is InChI=1S/C15H22ClNO/c1-10-8-12(16)13(11(2)14(10)18-3)15(9-17)6-4-5-7-15/h8H,4-7,9,17H2,1-3H3. The Morgan fingerprint density at radius 3 is 2.44 bits per heavy atom. The Bertz CT molecular complexity index is 450. The van der Waals surface area contributed by atoms with Crippen molar-refractivity contribution in [2.75, 3.05) is 13.7 Å². The minimum atomic E-state index is 0.0577. The average molecular weight is 268 g/mol. The van der Waals surface area contributed by atoms with E-state index in [0.717, 1.165) is 34.7 Å². The number of aryl methyl sites for hydroxylation is 1. The highest BCUT2D eigenvalue weighted by atomic mass is 35.5. The van der Waals surface area contributed by atoms with Crippen molar-refractivity contribution in [3.63, 3.8) is 0 Å². The third-order valence-electron chi connectivity index (χ3n) is 4.34. The lowest BCUT2D eigenvalue weighted by Crippen LogP contribution is -2.33. The van der Waals surface area contributed by atoms with Crippen molar-refractivity contribution >= 4 is 11.6 Å². The second-order valence-corrected chi connectivity index (χ2v) is 5.81. The predicted octanol–water partition coefficient (Wildman–Crippen LogP) is 3.74. The van der Waals surface area contributed by atoms with E-state index in [1.54, 1.807) is 7.11 Å². The molecule has 1 aromatic rings. The number of ether oxygens (including phenoxy) is 1. The van der Waals surface area contributed by atoms with Gasteiger partial charge in [-0.15, -0.1) is 0 Å². The monoisotopic (exact) mass is 267 g/mol. The number of rotatable bonds is 3. The molecule has 2 nitrogen and oxygen atoms in total. The van der Waals surface area contributed by atoms with Gasteiger partial charge in [0.05, 0.1) is 7.11 Å². The Labute approximate surface area is 114 Å². The van der Waals surface area contributed by atoms with E-state index in [-0.39, 0.29) is 5.41 Å². The van der Waals surface area contributed by atoms with Gasteiger partial charge in [-0.25, -0.2) is 0 Å². The molecular formula is C15H22ClNO. The normalized spacial score (nSPS) is 18.1. The molecule has 0 amide bonds. The molecule has 2 rings (SSSR count). The molecule has 1 aliphatic carbocycles. The summed E-state index contributed by atoms with van der Waals surface area (Å²) in [7, 11) is 1.72. The molecule has 0 heterocycles. The van der Waals surface area contributed by atoms with Gasteiger partial charge < -0.3 is 10.5 Å². The maximum Gasteiger partial charge on any atom is 0.125 e. The topological polar surface area (TPSA) is 35.2 Å². The Morgan fingerprint density at radius 1 is 1.33 bits per heavy atom. The van der Waals surface area contributed by atoms with Crippen LogP contribution in [0, 0.1) is 13.8 Å². The van der Waals surface area contributed by atoms with Gasteiger partial charge in [-0.3, -0.25) is 0 Å². The van der Waals surface area contributed by atoms with E-state index in [1.165, 1.54) is 18.4 Å². The molecule has 0 aliphatic heterocycles. The molecule has 0 atom stereocenters. The van der Waals surface area contributed by atoms with Crippen molar-refractivity contribution in [3.8, 4) is 5.75 Å². The zero-order chi connectivity index (χ0) is 13.3. The smallest absolute Gasteiger partial charge is 0.125 e. The minimum Gasteiger partial charge on any atom is -0.496 e. The molecule has 0 unspecified atom stereocenters. The fourth-order valence-corrected chi connectivity index (χ4v) is 4.00. The molecule has 0 saturated heterocycles. The van der Waals surface area contributed by atoms with Crippen LogP contribution in [-0.4, -0.2) is 13.7 Å². The van der Waals surface area contributed by atoms with Crippen LogP contribution in [-0.2, 0) is 5.41 Å². The molecule has 3 heteroatoms. The number of hydrogen-bond donors (Lipinski definition) is 1. The van der Waals surface area contributed by atoms with Gasteiger partial charge in [0, 0.05) is 17.0 Å². The lowest BCUT2D eigenvalue weighted by atomic mass is 9.76. The summed E-state index contributed by atoms with van der Waals surface area (Å²) < 4.78 is 5.52. The molecule has 1 aliphatic rings. The van der Waals surface area contributed by atoms with Crippen LogP contribution >= 0.6 is 11.6 Å². The van der Waals surface area contributed by atoms with E-state index in [0.29, 0.717) is 6.54 Å². The lowest BCUT2D eigenvalue weighted by Gasteiger charge is -2.31. The molecule has 0 radical (unpaired) electrons. The summed E-state index contributed by atoms with van der Waals surface area (Å²) in [5, 5.41) is 0.846. The van der Waals surface area contributed by atoms with Gasteiger partial charge in [0.2, 0.25) is 0 Å². The lowest BCUT2D eigenvalue weighted by molar-refractivity contribution is 0.400. The maximum absolute atomic E-state index is 6.50. The van der Waals surface area contributed by atoms with Gasteiger partial charge in [-0.1, -0.05) is 24.4 Å². The fourth-order valence-electron chi connectivity index (χ4n) is 3.49. The quantitative estimate of drug-likeness (QED) is 0.906. The number of hydrogen-bond acceptors (Lipinski definition) is 2. The van der Waals surface area contributed by atoms with Crippen LogP contribution in [0.25, 0.3) is 0 Å². The van der Waals surface area contributed by atoms with E-state index >= 15 is 0 Å². The maximum atomic E-state index is 6.50. The van der Waals surface area contributed by atoms with Gasteiger partial charge in [-0.2, -0.15) is 0 Å². The SMILES string of the molecule is COc1c(C)cc(Cl)c(C2(CN)CCCC2)c1C. The molecule has 0 aromatic heterocycles. The summed E-state index contributed by atoms with van der Waals surface area (Å²) in [5.74, 6) is 0.953. The van der Waals surface area contributed by atoms with Crippen LogP contribution in [0.5, 0.6) is 5.75 Å². The summed E-state index contributed by atoms with van der Waals surface area (Å²) in [6.45, 7) is 4.80. The molecule has 1 aromatic carbocycles. The predicted molar refractivity (Wildman–Crippen MR) is 76.7 cm³/mol. The van der Waals surface area contributed by atoms with E-state index in [9.17, 15) is 0 Å². The van der Waals surface area contributed by atoms with Crippen LogP contribution in [0.1, 0.15) is 42.4 Å². The van der Waals surface area contributed by atoms with Gasteiger partial charge in [0.15, 0.2) is 0 Å². The van der Waals surface area contributed by atoms with Gasteiger partial charge in [0.1, 0.15) is 5.75 Å². The first-order chi connectivity index (χ1) is 8.55. The van der Waals surface area contributed by atoms with E-state index in [4.69, 9.17) is 22.1 Å². The molecule has 2 N–H and O–H groups in total. The molecular weight excluding hydrogens is 246 g/mol. The van der Waals surface area contributed by atoms with Gasteiger partial charge in [-0.05, 0) is 49.4 Å². The molecule has 0 bridgehead atoms. The first-order valence-corrected chi connectivity index (χ1v) is 6.98. The highest BCUT2D eigenvalue weighted by Crippen LogP contribution is 2.47. The third-order valence-corrected chi connectivity index (χ3v) is 4.64. The summed E-state index contributed by atoms with van der Waals surface area (Å²) in [4.78, 5) is 0. The highest BCUT2D eigenvalue weighted by Gasteiger charge is 2.38. The van der Waals surface area contributed by atoms with Gasteiger partial charge in [0.25, 0.3) is 0 Å². The number of halogens is 1.